The number of halogens is 3. The molecule has 0 unspecified atom stereocenters. The van der Waals surface area contributed by atoms with Gasteiger partial charge < -0.3 is 5.11 Å². The molecule has 0 aromatic heterocycles. The Bertz CT molecular complexity index is 499. The maximum atomic E-state index is 12.4. The molecule has 0 radical (unpaired) electrons. The quantitative estimate of drug-likeness (QED) is 0.662. The summed E-state index contributed by atoms with van der Waals surface area (Å²) >= 11 is 0. The number of nitro groups is 1. The predicted molar refractivity (Wildman–Crippen MR) is 58.7 cm³/mol. The Morgan fingerprint density at radius 3 is 2.47 bits per heavy atom. The lowest BCUT2D eigenvalue weighted by atomic mass is 10.0. The summed E-state index contributed by atoms with van der Waals surface area (Å²) in [6.45, 7) is 0. The van der Waals surface area contributed by atoms with Gasteiger partial charge in [-0.05, 0) is 18.9 Å². The second-order valence-electron chi connectivity index (χ2n) is 3.85. The lowest BCUT2D eigenvalue weighted by Crippen LogP contribution is -2.07. The molecule has 1 aromatic rings. The molecule has 104 valence electrons. The van der Waals surface area contributed by atoms with Crippen LogP contribution in [0.5, 0.6) is 0 Å². The minimum Gasteiger partial charge on any atom is -0.481 e. The van der Waals surface area contributed by atoms with E-state index in [2.05, 4.69) is 0 Å². The van der Waals surface area contributed by atoms with Crippen LogP contribution in [0.4, 0.5) is 18.9 Å². The summed E-state index contributed by atoms with van der Waals surface area (Å²) in [5, 5.41) is 19.2. The maximum absolute atomic E-state index is 12.4. The third kappa shape index (κ3) is 4.23. The zero-order chi connectivity index (χ0) is 14.6. The number of rotatable bonds is 5. The second-order valence-corrected chi connectivity index (χ2v) is 3.85. The van der Waals surface area contributed by atoms with Gasteiger partial charge in [-0.25, -0.2) is 0 Å². The molecule has 0 saturated heterocycles. The van der Waals surface area contributed by atoms with Gasteiger partial charge in [-0.2, -0.15) is 13.2 Å². The molecule has 0 aliphatic heterocycles. The number of carboxylic acid groups (broad SMARTS) is 1. The van der Waals surface area contributed by atoms with Crippen LogP contribution in [0.2, 0.25) is 0 Å². The maximum Gasteiger partial charge on any atom is 0.416 e. The summed E-state index contributed by atoms with van der Waals surface area (Å²) in [5.41, 5.74) is -1.64. The Morgan fingerprint density at radius 1 is 1.37 bits per heavy atom. The first-order valence-electron chi connectivity index (χ1n) is 5.28. The fourth-order valence-corrected chi connectivity index (χ4v) is 1.55. The number of aryl methyl sites for hydroxylation is 1. The fourth-order valence-electron chi connectivity index (χ4n) is 1.55. The number of hydrogen-bond donors (Lipinski definition) is 1. The number of aliphatic carboxylic acids is 1. The van der Waals surface area contributed by atoms with Crippen molar-refractivity contribution in [2.24, 2.45) is 0 Å². The van der Waals surface area contributed by atoms with Gasteiger partial charge in [0.15, 0.2) is 0 Å². The predicted octanol–water partition coefficient (Wildman–Crippen LogP) is 3.02. The monoisotopic (exact) mass is 277 g/mol. The van der Waals surface area contributed by atoms with Crippen molar-refractivity contribution in [2.45, 2.75) is 25.4 Å². The number of nitro benzene ring substituents is 1. The van der Waals surface area contributed by atoms with Crippen LogP contribution >= 0.6 is 0 Å². The second kappa shape index (κ2) is 5.68. The van der Waals surface area contributed by atoms with Crippen LogP contribution in [-0.4, -0.2) is 16.0 Å². The third-order valence-electron chi connectivity index (χ3n) is 2.45. The highest BCUT2D eigenvalue weighted by molar-refractivity contribution is 5.66. The van der Waals surface area contributed by atoms with E-state index in [9.17, 15) is 28.1 Å². The Morgan fingerprint density at radius 2 is 2.00 bits per heavy atom. The smallest absolute Gasteiger partial charge is 0.416 e. The molecule has 1 aromatic carbocycles. The van der Waals surface area contributed by atoms with E-state index in [0.717, 1.165) is 12.1 Å². The van der Waals surface area contributed by atoms with Crippen LogP contribution in [0.25, 0.3) is 0 Å². The molecule has 0 amide bonds. The molecule has 0 saturated carbocycles. The van der Waals surface area contributed by atoms with Crippen molar-refractivity contribution in [3.05, 3.63) is 39.4 Å². The molecule has 1 rings (SSSR count). The van der Waals surface area contributed by atoms with Crippen molar-refractivity contribution < 1.29 is 28.0 Å². The van der Waals surface area contributed by atoms with Crippen LogP contribution in [-0.2, 0) is 17.4 Å². The Labute approximate surface area is 105 Å². The summed E-state index contributed by atoms with van der Waals surface area (Å²) in [6, 6.07) is 2.24. The highest BCUT2D eigenvalue weighted by atomic mass is 19.4. The molecular weight excluding hydrogens is 267 g/mol. The summed E-state index contributed by atoms with van der Waals surface area (Å²) in [7, 11) is 0. The van der Waals surface area contributed by atoms with E-state index >= 15 is 0 Å². The van der Waals surface area contributed by atoms with Gasteiger partial charge >= 0.3 is 12.1 Å². The molecule has 1 N–H and O–H groups in total. The zero-order valence-electron chi connectivity index (χ0n) is 9.61. The number of hydrogen-bond acceptors (Lipinski definition) is 3. The van der Waals surface area contributed by atoms with Gasteiger partial charge in [-0.1, -0.05) is 6.07 Å². The van der Waals surface area contributed by atoms with E-state index in [4.69, 9.17) is 5.11 Å². The molecule has 0 spiro atoms. The summed E-state index contributed by atoms with van der Waals surface area (Å²) < 4.78 is 37.3. The van der Waals surface area contributed by atoms with Gasteiger partial charge in [0, 0.05) is 18.1 Å². The average molecular weight is 277 g/mol. The molecule has 0 heterocycles. The molecule has 0 atom stereocenters. The molecule has 0 bridgehead atoms. The van der Waals surface area contributed by atoms with E-state index in [1.54, 1.807) is 0 Å². The normalized spacial score (nSPS) is 11.3. The lowest BCUT2D eigenvalue weighted by Gasteiger charge is -2.08. The molecule has 0 fully saturated rings. The number of benzene rings is 1. The van der Waals surface area contributed by atoms with Crippen molar-refractivity contribution in [1.82, 2.24) is 0 Å². The minimum absolute atomic E-state index is 0.0424. The standard InChI is InChI=1S/C11H10F3NO4/c12-11(13,14)8-5-4-7(2-1-3-10(16)17)9(6-8)15(18)19/h4-6H,1-3H2,(H,16,17). The van der Waals surface area contributed by atoms with Gasteiger partial charge in [0.25, 0.3) is 5.69 Å². The van der Waals surface area contributed by atoms with Gasteiger partial charge in [0.2, 0.25) is 0 Å². The molecule has 0 aliphatic carbocycles. The average Bonchev–Trinajstić information content (AvgIpc) is 2.27. The summed E-state index contributed by atoms with van der Waals surface area (Å²) in [4.78, 5) is 20.1. The van der Waals surface area contributed by atoms with E-state index in [0.29, 0.717) is 6.07 Å². The van der Waals surface area contributed by atoms with Crippen molar-refractivity contribution in [2.75, 3.05) is 0 Å². The van der Waals surface area contributed by atoms with Crippen LogP contribution in [0.15, 0.2) is 18.2 Å². The molecular formula is C11H10F3NO4. The summed E-state index contributed by atoms with van der Waals surface area (Å²) in [6.07, 6.45) is -4.68. The molecule has 0 aliphatic rings. The Kier molecular flexibility index (Phi) is 4.47. The molecule has 19 heavy (non-hydrogen) atoms. The van der Waals surface area contributed by atoms with Gasteiger partial charge in [0.05, 0.1) is 10.5 Å². The number of carboxylic acids is 1. The number of alkyl halides is 3. The van der Waals surface area contributed by atoms with E-state index in [1.165, 1.54) is 0 Å². The first-order chi connectivity index (χ1) is 8.71. The first kappa shape index (κ1) is 14.9. The van der Waals surface area contributed by atoms with Gasteiger partial charge in [-0.15, -0.1) is 0 Å². The highest BCUT2D eigenvalue weighted by Crippen LogP contribution is 2.33. The summed E-state index contributed by atoms with van der Waals surface area (Å²) in [5.74, 6) is -1.06. The molecule has 5 nitrogen and oxygen atoms in total. The number of nitrogens with zero attached hydrogens (tertiary/aromatic N) is 1. The highest BCUT2D eigenvalue weighted by Gasteiger charge is 2.32. The Balaban J connectivity index is 2.99. The van der Waals surface area contributed by atoms with Crippen molar-refractivity contribution in [1.29, 1.82) is 0 Å². The van der Waals surface area contributed by atoms with E-state index in [-0.39, 0.29) is 24.8 Å². The fraction of sp³-hybridized carbons (Fsp3) is 0.364. The topological polar surface area (TPSA) is 80.4 Å². The first-order valence-corrected chi connectivity index (χ1v) is 5.28. The SMILES string of the molecule is O=C(O)CCCc1ccc(C(F)(F)F)cc1[N+](=O)[O-]. The van der Waals surface area contributed by atoms with Crippen LogP contribution in [0, 0.1) is 10.1 Å². The minimum atomic E-state index is -4.65. The van der Waals surface area contributed by atoms with Crippen LogP contribution < -0.4 is 0 Å². The Hall–Kier alpha value is -2.12. The van der Waals surface area contributed by atoms with Crippen LogP contribution in [0.1, 0.15) is 24.0 Å². The third-order valence-corrected chi connectivity index (χ3v) is 2.45. The zero-order valence-corrected chi connectivity index (χ0v) is 9.61. The van der Waals surface area contributed by atoms with Crippen molar-refractivity contribution in [3.63, 3.8) is 0 Å². The van der Waals surface area contributed by atoms with E-state index < -0.39 is 28.3 Å². The largest absolute Gasteiger partial charge is 0.481 e. The van der Waals surface area contributed by atoms with Gasteiger partial charge in [0.1, 0.15) is 0 Å². The van der Waals surface area contributed by atoms with E-state index in [1.807, 2.05) is 0 Å². The molecule has 8 heteroatoms. The van der Waals surface area contributed by atoms with Crippen molar-refractivity contribution >= 4 is 11.7 Å². The van der Waals surface area contributed by atoms with Crippen LogP contribution in [0.3, 0.4) is 0 Å². The lowest BCUT2D eigenvalue weighted by molar-refractivity contribution is -0.385. The van der Waals surface area contributed by atoms with Crippen molar-refractivity contribution in [3.8, 4) is 0 Å². The van der Waals surface area contributed by atoms with Gasteiger partial charge in [-0.3, -0.25) is 14.9 Å². The number of carbonyl (C=O) groups is 1.